The summed E-state index contributed by atoms with van der Waals surface area (Å²) in [5.41, 5.74) is 1.30. The molecule has 144 valence electrons. The number of nitrogens with zero attached hydrogens (tertiary/aromatic N) is 1. The minimum atomic E-state index is 0.0109. The van der Waals surface area contributed by atoms with Gasteiger partial charge in [-0.05, 0) is 43.0 Å². The molecule has 4 nitrogen and oxygen atoms in total. The van der Waals surface area contributed by atoms with E-state index in [-0.39, 0.29) is 12.5 Å². The molecule has 2 aromatic rings. The summed E-state index contributed by atoms with van der Waals surface area (Å²) in [5, 5.41) is 4.41. The number of rotatable bonds is 7. The maximum atomic E-state index is 12.4. The largest absolute Gasteiger partial charge is 0.484 e. The van der Waals surface area contributed by atoms with Gasteiger partial charge >= 0.3 is 0 Å². The molecule has 1 heterocycles. The van der Waals surface area contributed by atoms with E-state index in [2.05, 4.69) is 29.6 Å². The number of carbonyl (C=O) groups is 1. The zero-order valence-electron chi connectivity index (χ0n) is 15.2. The smallest absolute Gasteiger partial charge is 0.260 e. The molecule has 0 atom stereocenters. The van der Waals surface area contributed by atoms with Crippen molar-refractivity contribution in [3.8, 4) is 5.75 Å². The van der Waals surface area contributed by atoms with Gasteiger partial charge in [0.25, 0.3) is 5.91 Å². The Morgan fingerprint density at radius 3 is 2.52 bits per heavy atom. The van der Waals surface area contributed by atoms with Gasteiger partial charge < -0.3 is 15.0 Å². The van der Waals surface area contributed by atoms with Crippen LogP contribution in [0.5, 0.6) is 5.75 Å². The zero-order chi connectivity index (χ0) is 19.1. The fourth-order valence-electron chi connectivity index (χ4n) is 3.21. The van der Waals surface area contributed by atoms with Crippen LogP contribution in [-0.4, -0.2) is 37.0 Å². The second-order valence-corrected chi connectivity index (χ2v) is 7.62. The van der Waals surface area contributed by atoms with Crippen LogP contribution in [0.15, 0.2) is 48.5 Å². The van der Waals surface area contributed by atoms with Gasteiger partial charge in [-0.3, -0.25) is 4.79 Å². The molecule has 0 bridgehead atoms. The maximum absolute atomic E-state index is 12.4. The van der Waals surface area contributed by atoms with Crippen LogP contribution in [0.2, 0.25) is 10.0 Å². The Hall–Kier alpha value is -1.75. The Bertz CT molecular complexity index is 747. The summed E-state index contributed by atoms with van der Waals surface area (Å²) in [6.07, 6.45) is 2.03. The van der Waals surface area contributed by atoms with Crippen LogP contribution in [-0.2, 0) is 11.3 Å². The molecule has 3 rings (SSSR count). The average Bonchev–Trinajstić information content (AvgIpc) is 2.70. The lowest BCUT2D eigenvalue weighted by Crippen LogP contribution is -2.42. The van der Waals surface area contributed by atoms with Crippen LogP contribution in [0.25, 0.3) is 0 Å². The number of nitrogens with one attached hydrogen (secondary N) is 1. The zero-order valence-corrected chi connectivity index (χ0v) is 16.7. The van der Waals surface area contributed by atoms with Gasteiger partial charge in [0.05, 0.1) is 10.0 Å². The van der Waals surface area contributed by atoms with Crippen molar-refractivity contribution in [3.63, 3.8) is 0 Å². The molecular formula is C21H24Cl2N2O2. The highest BCUT2D eigenvalue weighted by Crippen LogP contribution is 2.26. The Morgan fingerprint density at radius 1 is 1.07 bits per heavy atom. The Labute approximate surface area is 170 Å². The highest BCUT2D eigenvalue weighted by Gasteiger charge is 2.22. The predicted octanol–water partition coefficient (Wildman–Crippen LogP) is 4.40. The summed E-state index contributed by atoms with van der Waals surface area (Å²) in [6.45, 7) is 3.45. The first kappa shape index (κ1) is 20.0. The number of piperidine rings is 1. The molecule has 1 aliphatic heterocycles. The van der Waals surface area contributed by atoms with Crippen LogP contribution >= 0.6 is 23.2 Å². The first-order chi connectivity index (χ1) is 13.1. The molecule has 1 saturated heterocycles. The van der Waals surface area contributed by atoms with E-state index in [9.17, 15) is 4.79 Å². The summed E-state index contributed by atoms with van der Waals surface area (Å²) in [5.74, 6) is 1.17. The number of ether oxygens (including phenoxy) is 1. The molecule has 1 amide bonds. The van der Waals surface area contributed by atoms with Gasteiger partial charge in [-0.25, -0.2) is 0 Å². The summed E-state index contributed by atoms with van der Waals surface area (Å²) < 4.78 is 5.55. The van der Waals surface area contributed by atoms with Gasteiger partial charge in [0.2, 0.25) is 0 Å². The number of hydrogen-bond acceptors (Lipinski definition) is 3. The van der Waals surface area contributed by atoms with Gasteiger partial charge in [-0.15, -0.1) is 0 Å². The SMILES string of the molecule is O=C(COc1ccc(Cl)c(Cl)c1)N1CCC(CNCc2ccccc2)CC1. The fraction of sp³-hybridized carbons (Fsp3) is 0.381. The topological polar surface area (TPSA) is 41.6 Å². The van der Waals surface area contributed by atoms with Crippen LogP contribution < -0.4 is 10.1 Å². The van der Waals surface area contributed by atoms with Gasteiger partial charge in [0.15, 0.2) is 6.61 Å². The molecule has 0 spiro atoms. The van der Waals surface area contributed by atoms with Crippen molar-refractivity contribution >= 4 is 29.1 Å². The van der Waals surface area contributed by atoms with Gasteiger partial charge in [-0.2, -0.15) is 0 Å². The van der Waals surface area contributed by atoms with Gasteiger partial charge in [0, 0.05) is 25.7 Å². The third kappa shape index (κ3) is 6.13. The number of hydrogen-bond donors (Lipinski definition) is 1. The molecular weight excluding hydrogens is 383 g/mol. The van der Waals surface area contributed by atoms with Crippen LogP contribution in [0.3, 0.4) is 0 Å². The lowest BCUT2D eigenvalue weighted by atomic mass is 9.96. The first-order valence-corrected chi connectivity index (χ1v) is 9.97. The van der Waals surface area contributed by atoms with Crippen molar-refractivity contribution in [2.24, 2.45) is 5.92 Å². The van der Waals surface area contributed by atoms with E-state index in [0.29, 0.717) is 21.7 Å². The quantitative estimate of drug-likeness (QED) is 0.740. The summed E-state index contributed by atoms with van der Waals surface area (Å²) in [7, 11) is 0. The predicted molar refractivity (Wildman–Crippen MR) is 109 cm³/mol. The van der Waals surface area contributed by atoms with Crippen LogP contribution in [0.4, 0.5) is 0 Å². The van der Waals surface area contributed by atoms with Crippen molar-refractivity contribution in [3.05, 3.63) is 64.1 Å². The van der Waals surface area contributed by atoms with E-state index in [4.69, 9.17) is 27.9 Å². The van der Waals surface area contributed by atoms with Crippen LogP contribution in [0, 0.1) is 5.92 Å². The highest BCUT2D eigenvalue weighted by atomic mass is 35.5. The van der Waals surface area contributed by atoms with E-state index in [1.54, 1.807) is 18.2 Å². The normalized spacial score (nSPS) is 15.0. The van der Waals surface area contributed by atoms with Crippen molar-refractivity contribution in [1.29, 1.82) is 0 Å². The summed E-state index contributed by atoms with van der Waals surface area (Å²) in [4.78, 5) is 14.2. The van der Waals surface area contributed by atoms with Crippen molar-refractivity contribution < 1.29 is 9.53 Å². The number of likely N-dealkylation sites (tertiary alicyclic amines) is 1. The molecule has 0 radical (unpaired) electrons. The number of benzene rings is 2. The van der Waals surface area contributed by atoms with E-state index in [1.165, 1.54) is 5.56 Å². The molecule has 0 aromatic heterocycles. The highest BCUT2D eigenvalue weighted by molar-refractivity contribution is 6.42. The molecule has 0 saturated carbocycles. The lowest BCUT2D eigenvalue weighted by Gasteiger charge is -2.32. The van der Waals surface area contributed by atoms with E-state index in [0.717, 1.165) is 39.0 Å². The molecule has 0 aliphatic carbocycles. The first-order valence-electron chi connectivity index (χ1n) is 9.22. The number of carbonyl (C=O) groups excluding carboxylic acids is 1. The standard InChI is InChI=1S/C21H24Cl2N2O2/c22-19-7-6-18(12-20(19)23)27-15-21(26)25-10-8-17(9-11-25)14-24-13-16-4-2-1-3-5-16/h1-7,12,17,24H,8-11,13-15H2. The minimum Gasteiger partial charge on any atom is -0.484 e. The van der Waals surface area contributed by atoms with E-state index in [1.807, 2.05) is 11.0 Å². The lowest BCUT2D eigenvalue weighted by molar-refractivity contribution is -0.134. The Morgan fingerprint density at radius 2 is 1.81 bits per heavy atom. The number of halogens is 2. The fourth-order valence-corrected chi connectivity index (χ4v) is 3.49. The molecule has 0 unspecified atom stereocenters. The second kappa shape index (κ2) is 9.98. The second-order valence-electron chi connectivity index (χ2n) is 6.81. The van der Waals surface area contributed by atoms with Crippen molar-refractivity contribution in [2.45, 2.75) is 19.4 Å². The molecule has 2 aromatic carbocycles. The Kier molecular flexibility index (Phi) is 7.39. The van der Waals surface area contributed by atoms with Crippen LogP contribution in [0.1, 0.15) is 18.4 Å². The molecule has 27 heavy (non-hydrogen) atoms. The maximum Gasteiger partial charge on any atom is 0.260 e. The average molecular weight is 407 g/mol. The summed E-state index contributed by atoms with van der Waals surface area (Å²) in [6, 6.07) is 15.4. The minimum absolute atomic E-state index is 0.0109. The van der Waals surface area contributed by atoms with Gasteiger partial charge in [-0.1, -0.05) is 53.5 Å². The molecule has 6 heteroatoms. The van der Waals surface area contributed by atoms with Gasteiger partial charge in [0.1, 0.15) is 5.75 Å². The van der Waals surface area contributed by atoms with Crippen molar-refractivity contribution in [1.82, 2.24) is 10.2 Å². The molecule has 1 N–H and O–H groups in total. The van der Waals surface area contributed by atoms with Crippen molar-refractivity contribution in [2.75, 3.05) is 26.2 Å². The Balaban J connectivity index is 1.35. The molecule has 1 fully saturated rings. The summed E-state index contributed by atoms with van der Waals surface area (Å²) >= 11 is 11.8. The third-order valence-corrected chi connectivity index (χ3v) is 5.56. The van der Waals surface area contributed by atoms with E-state index >= 15 is 0 Å². The van der Waals surface area contributed by atoms with E-state index < -0.39 is 0 Å². The monoisotopic (exact) mass is 406 g/mol. The molecule has 1 aliphatic rings. The third-order valence-electron chi connectivity index (χ3n) is 4.83. The number of amides is 1.